The van der Waals surface area contributed by atoms with Crippen LogP contribution in [0.15, 0.2) is 42.5 Å². The summed E-state index contributed by atoms with van der Waals surface area (Å²) in [5, 5.41) is 15.3. The van der Waals surface area contributed by atoms with Crippen LogP contribution in [0, 0.1) is 6.92 Å². The number of benzene rings is 1. The van der Waals surface area contributed by atoms with Crippen LogP contribution in [0.5, 0.6) is 0 Å². The minimum Gasteiger partial charge on any atom is -0.386 e. The highest BCUT2D eigenvalue weighted by atomic mass is 16.3. The molecule has 6 heteroatoms. The van der Waals surface area contributed by atoms with Crippen molar-refractivity contribution in [3.8, 4) is 0 Å². The van der Waals surface area contributed by atoms with E-state index in [1.54, 1.807) is 0 Å². The summed E-state index contributed by atoms with van der Waals surface area (Å²) < 4.78 is 2.01. The maximum absolute atomic E-state index is 10.6. The van der Waals surface area contributed by atoms with E-state index in [-0.39, 0.29) is 0 Å². The lowest BCUT2D eigenvalue weighted by Gasteiger charge is -2.29. The minimum atomic E-state index is -0.591. The first-order chi connectivity index (χ1) is 13.6. The number of nitrogens with zero attached hydrogens (tertiary/aromatic N) is 5. The second-order valence-electron chi connectivity index (χ2n) is 7.43. The maximum atomic E-state index is 10.6. The molecule has 0 unspecified atom stereocenters. The second kappa shape index (κ2) is 8.10. The third-order valence-corrected chi connectivity index (χ3v) is 5.14. The molecule has 1 atom stereocenters. The van der Waals surface area contributed by atoms with E-state index in [1.165, 1.54) is 0 Å². The van der Waals surface area contributed by atoms with Gasteiger partial charge in [-0.05, 0) is 25.0 Å². The summed E-state index contributed by atoms with van der Waals surface area (Å²) in [5.41, 5.74) is 4.07. The zero-order valence-corrected chi connectivity index (χ0v) is 16.5. The fourth-order valence-corrected chi connectivity index (χ4v) is 3.75. The van der Waals surface area contributed by atoms with Crippen molar-refractivity contribution in [2.75, 3.05) is 11.4 Å². The van der Waals surface area contributed by atoms with Crippen LogP contribution in [-0.2, 0) is 25.9 Å². The molecule has 0 bridgehead atoms. The van der Waals surface area contributed by atoms with Gasteiger partial charge >= 0.3 is 0 Å². The van der Waals surface area contributed by atoms with Gasteiger partial charge in [-0.1, -0.05) is 43.7 Å². The van der Waals surface area contributed by atoms with E-state index in [2.05, 4.69) is 33.0 Å². The predicted molar refractivity (Wildman–Crippen MR) is 109 cm³/mol. The highest BCUT2D eigenvalue weighted by Crippen LogP contribution is 2.24. The zero-order chi connectivity index (χ0) is 19.5. The summed E-state index contributed by atoms with van der Waals surface area (Å²) in [4.78, 5) is 11.5. The standard InChI is InChI=1S/C22H27N5O/c1-3-7-18-13-22(24-16(2)23-18)26-10-11-27-19(15-26)14-20(25-27)21(28)12-17-8-5-4-6-9-17/h4-6,8-9,13-14,21,28H,3,7,10-12,15H2,1-2H3/t21-/m1/s1. The van der Waals surface area contributed by atoms with Crippen LogP contribution < -0.4 is 4.90 Å². The Morgan fingerprint density at radius 1 is 1.11 bits per heavy atom. The third kappa shape index (κ3) is 4.07. The van der Waals surface area contributed by atoms with E-state index in [4.69, 9.17) is 0 Å². The van der Waals surface area contributed by atoms with Gasteiger partial charge in [-0.3, -0.25) is 4.68 Å². The highest BCUT2D eigenvalue weighted by Gasteiger charge is 2.22. The molecule has 3 heterocycles. The molecule has 1 aliphatic rings. The van der Waals surface area contributed by atoms with Gasteiger partial charge < -0.3 is 10.0 Å². The smallest absolute Gasteiger partial charge is 0.132 e. The molecule has 4 rings (SSSR count). The Morgan fingerprint density at radius 2 is 1.93 bits per heavy atom. The number of fused-ring (bicyclic) bond motifs is 1. The van der Waals surface area contributed by atoms with Gasteiger partial charge in [0.1, 0.15) is 17.7 Å². The van der Waals surface area contributed by atoms with E-state index in [0.717, 1.165) is 66.8 Å². The molecule has 1 aromatic carbocycles. The Hall–Kier alpha value is -2.73. The number of hydrogen-bond donors (Lipinski definition) is 1. The number of aliphatic hydroxyl groups excluding tert-OH is 1. The van der Waals surface area contributed by atoms with Crippen LogP contribution in [0.1, 0.15) is 47.9 Å². The van der Waals surface area contributed by atoms with Gasteiger partial charge in [0.25, 0.3) is 0 Å². The average Bonchev–Trinajstić information content (AvgIpc) is 3.12. The van der Waals surface area contributed by atoms with Gasteiger partial charge in [0.2, 0.25) is 0 Å². The lowest BCUT2D eigenvalue weighted by molar-refractivity contribution is 0.172. The van der Waals surface area contributed by atoms with Crippen LogP contribution in [-0.4, -0.2) is 31.4 Å². The molecule has 0 saturated carbocycles. The molecular weight excluding hydrogens is 350 g/mol. The molecule has 1 N–H and O–H groups in total. The van der Waals surface area contributed by atoms with E-state index in [0.29, 0.717) is 6.42 Å². The number of aliphatic hydroxyl groups is 1. The molecule has 0 aliphatic carbocycles. The molecule has 0 radical (unpaired) electrons. The first kappa shape index (κ1) is 18.6. The third-order valence-electron chi connectivity index (χ3n) is 5.14. The SMILES string of the molecule is CCCc1cc(N2CCn3nc([C@H](O)Cc4ccccc4)cc3C2)nc(C)n1. The Balaban J connectivity index is 1.50. The molecule has 3 aromatic rings. The van der Waals surface area contributed by atoms with Gasteiger partial charge in [-0.15, -0.1) is 0 Å². The lowest BCUT2D eigenvalue weighted by atomic mass is 10.1. The zero-order valence-electron chi connectivity index (χ0n) is 16.5. The molecule has 1 aliphatic heterocycles. The predicted octanol–water partition coefficient (Wildman–Crippen LogP) is 3.23. The van der Waals surface area contributed by atoms with Gasteiger partial charge in [0, 0.05) is 24.7 Å². The Bertz CT molecular complexity index is 937. The molecule has 0 amide bonds. The number of hydrogen-bond acceptors (Lipinski definition) is 5. The van der Waals surface area contributed by atoms with E-state index in [1.807, 2.05) is 48.0 Å². The van der Waals surface area contributed by atoms with Crippen molar-refractivity contribution in [3.63, 3.8) is 0 Å². The normalized spacial score (nSPS) is 14.8. The van der Waals surface area contributed by atoms with Crippen molar-refractivity contribution in [1.29, 1.82) is 0 Å². The molecule has 0 saturated heterocycles. The van der Waals surface area contributed by atoms with Crippen LogP contribution in [0.25, 0.3) is 0 Å². The second-order valence-corrected chi connectivity index (χ2v) is 7.43. The van der Waals surface area contributed by atoms with Crippen LogP contribution in [0.4, 0.5) is 5.82 Å². The first-order valence-electron chi connectivity index (χ1n) is 10.0. The molecule has 146 valence electrons. The molecule has 2 aromatic heterocycles. The quantitative estimate of drug-likeness (QED) is 0.714. The summed E-state index contributed by atoms with van der Waals surface area (Å²) in [6, 6.07) is 14.2. The Kier molecular flexibility index (Phi) is 5.39. The van der Waals surface area contributed by atoms with Gasteiger partial charge in [0.05, 0.1) is 24.5 Å². The van der Waals surface area contributed by atoms with Crippen molar-refractivity contribution in [2.45, 2.75) is 52.3 Å². The van der Waals surface area contributed by atoms with Crippen molar-refractivity contribution in [2.24, 2.45) is 0 Å². The maximum Gasteiger partial charge on any atom is 0.132 e. The van der Waals surface area contributed by atoms with Crippen molar-refractivity contribution in [1.82, 2.24) is 19.7 Å². The number of anilines is 1. The number of aromatic nitrogens is 4. The molecule has 0 fully saturated rings. The topological polar surface area (TPSA) is 67.1 Å². The van der Waals surface area contributed by atoms with Gasteiger partial charge in [0.15, 0.2) is 0 Å². The van der Waals surface area contributed by atoms with Crippen molar-refractivity contribution < 1.29 is 5.11 Å². The monoisotopic (exact) mass is 377 g/mol. The Morgan fingerprint density at radius 3 is 2.71 bits per heavy atom. The summed E-state index contributed by atoms with van der Waals surface area (Å²) in [7, 11) is 0. The molecule has 6 nitrogen and oxygen atoms in total. The first-order valence-corrected chi connectivity index (χ1v) is 10.0. The van der Waals surface area contributed by atoms with Crippen LogP contribution >= 0.6 is 0 Å². The van der Waals surface area contributed by atoms with E-state index >= 15 is 0 Å². The van der Waals surface area contributed by atoms with Crippen LogP contribution in [0.2, 0.25) is 0 Å². The fourth-order valence-electron chi connectivity index (χ4n) is 3.75. The average molecular weight is 377 g/mol. The summed E-state index contributed by atoms with van der Waals surface area (Å²) >= 11 is 0. The fraction of sp³-hybridized carbons (Fsp3) is 0.409. The number of rotatable bonds is 6. The largest absolute Gasteiger partial charge is 0.386 e. The van der Waals surface area contributed by atoms with Crippen molar-refractivity contribution >= 4 is 5.82 Å². The summed E-state index contributed by atoms with van der Waals surface area (Å²) in [6.07, 6.45) is 2.03. The van der Waals surface area contributed by atoms with Gasteiger partial charge in [-0.25, -0.2) is 9.97 Å². The van der Waals surface area contributed by atoms with E-state index in [9.17, 15) is 5.11 Å². The van der Waals surface area contributed by atoms with E-state index < -0.39 is 6.10 Å². The molecule has 0 spiro atoms. The van der Waals surface area contributed by atoms with Crippen LogP contribution in [0.3, 0.4) is 0 Å². The Labute approximate surface area is 165 Å². The summed E-state index contributed by atoms with van der Waals surface area (Å²) in [6.45, 7) is 6.51. The van der Waals surface area contributed by atoms with Gasteiger partial charge in [-0.2, -0.15) is 5.10 Å². The molecule has 28 heavy (non-hydrogen) atoms. The highest BCUT2D eigenvalue weighted by molar-refractivity contribution is 5.41. The van der Waals surface area contributed by atoms with Crippen molar-refractivity contribution in [3.05, 3.63) is 70.9 Å². The minimum absolute atomic E-state index is 0.576. The number of aryl methyl sites for hydroxylation is 2. The molecular formula is C22H27N5O. The lowest BCUT2D eigenvalue weighted by Crippen LogP contribution is -2.34. The summed E-state index contributed by atoms with van der Waals surface area (Å²) in [5.74, 6) is 1.80.